The number of nitrogens with zero attached hydrogens (tertiary/aromatic N) is 5. The molecule has 0 radical (unpaired) electrons. The third kappa shape index (κ3) is 7.06. The number of rotatable bonds is 8. The van der Waals surface area contributed by atoms with Crippen LogP contribution in [0.2, 0.25) is 0 Å². The molecule has 2 aliphatic rings. The Labute approximate surface area is 237 Å². The van der Waals surface area contributed by atoms with Crippen LogP contribution in [0.25, 0.3) is 11.0 Å². The van der Waals surface area contributed by atoms with Gasteiger partial charge in [0.05, 0.1) is 47.4 Å². The van der Waals surface area contributed by atoms with E-state index in [1.54, 1.807) is 42.6 Å². The van der Waals surface area contributed by atoms with Gasteiger partial charge >= 0.3 is 5.97 Å². The van der Waals surface area contributed by atoms with Crippen LogP contribution in [0.1, 0.15) is 47.1 Å². The van der Waals surface area contributed by atoms with Crippen molar-refractivity contribution in [3.05, 3.63) is 89.1 Å². The largest absolute Gasteiger partial charge is 0.478 e. The third-order valence-electron chi connectivity index (χ3n) is 7.32. The number of imidazole rings is 1. The summed E-state index contributed by atoms with van der Waals surface area (Å²) in [6.45, 7) is 6.95. The van der Waals surface area contributed by atoms with Crippen LogP contribution in [-0.4, -0.2) is 56.3 Å². The SMILES string of the molecule is CC1CCN(Cc2nc3ccc(C(=O)O)cc3n2CC2CCO2)C1.N#Cc1ccc(COc2ccccn2)c(F)c1. The van der Waals surface area contributed by atoms with E-state index in [0.717, 1.165) is 62.0 Å². The quantitative estimate of drug-likeness (QED) is 0.321. The number of carbonyl (C=O) groups is 1. The molecule has 2 aromatic carbocycles. The molecular formula is C31H32FN5O4. The Kier molecular flexibility index (Phi) is 8.87. The number of carboxylic acids is 1. The predicted molar refractivity (Wildman–Crippen MR) is 150 cm³/mol. The molecule has 0 saturated carbocycles. The van der Waals surface area contributed by atoms with E-state index in [1.165, 1.54) is 18.6 Å². The second-order valence-electron chi connectivity index (χ2n) is 10.4. The Morgan fingerprint density at radius 2 is 2.07 bits per heavy atom. The minimum absolute atomic E-state index is 0.0918. The second kappa shape index (κ2) is 12.9. The highest BCUT2D eigenvalue weighted by Crippen LogP contribution is 2.25. The zero-order valence-corrected chi connectivity index (χ0v) is 22.9. The van der Waals surface area contributed by atoms with Gasteiger partial charge in [-0.25, -0.2) is 19.2 Å². The van der Waals surface area contributed by atoms with E-state index >= 15 is 0 Å². The van der Waals surface area contributed by atoms with Gasteiger partial charge in [-0.2, -0.15) is 5.26 Å². The summed E-state index contributed by atoms with van der Waals surface area (Å²) in [4.78, 5) is 22.5. The average Bonchev–Trinajstić information content (AvgIpc) is 3.52. The molecule has 4 aromatic rings. The first-order valence-corrected chi connectivity index (χ1v) is 13.7. The topological polar surface area (TPSA) is 114 Å². The molecule has 9 nitrogen and oxygen atoms in total. The summed E-state index contributed by atoms with van der Waals surface area (Å²) in [6.07, 6.45) is 4.10. The zero-order valence-electron chi connectivity index (χ0n) is 22.9. The van der Waals surface area contributed by atoms with Gasteiger partial charge in [0.25, 0.3) is 0 Å². The van der Waals surface area contributed by atoms with Crippen molar-refractivity contribution in [1.82, 2.24) is 19.4 Å². The van der Waals surface area contributed by atoms with Crippen molar-refractivity contribution < 1.29 is 23.8 Å². The van der Waals surface area contributed by atoms with Crippen LogP contribution in [0.4, 0.5) is 4.39 Å². The normalized spacial score (nSPS) is 18.3. The molecule has 2 fully saturated rings. The van der Waals surface area contributed by atoms with Gasteiger partial charge in [0.15, 0.2) is 0 Å². The lowest BCUT2D eigenvalue weighted by atomic mass is 10.1. The molecule has 1 N–H and O–H groups in total. The molecule has 0 bridgehead atoms. The number of hydrogen-bond acceptors (Lipinski definition) is 7. The second-order valence-corrected chi connectivity index (χ2v) is 10.4. The molecule has 41 heavy (non-hydrogen) atoms. The first-order chi connectivity index (χ1) is 19.9. The van der Waals surface area contributed by atoms with Gasteiger partial charge in [-0.15, -0.1) is 0 Å². The van der Waals surface area contributed by atoms with Crippen molar-refractivity contribution in [2.24, 2.45) is 5.92 Å². The maximum absolute atomic E-state index is 13.5. The molecule has 6 rings (SSSR count). The Hall–Kier alpha value is -4.33. The predicted octanol–water partition coefficient (Wildman–Crippen LogP) is 5.04. The van der Waals surface area contributed by atoms with Crippen molar-refractivity contribution in [1.29, 1.82) is 5.26 Å². The van der Waals surface area contributed by atoms with Crippen LogP contribution in [0, 0.1) is 23.1 Å². The summed E-state index contributed by atoms with van der Waals surface area (Å²) in [7, 11) is 0. The number of pyridine rings is 1. The highest BCUT2D eigenvalue weighted by molar-refractivity contribution is 5.92. The van der Waals surface area contributed by atoms with Gasteiger partial charge in [0, 0.05) is 31.0 Å². The Balaban J connectivity index is 0.000000175. The van der Waals surface area contributed by atoms with Gasteiger partial charge in [-0.3, -0.25) is 4.90 Å². The van der Waals surface area contributed by atoms with E-state index in [-0.39, 0.29) is 12.7 Å². The standard InChI is InChI=1S/C18H23N3O3.C13H9FN2O/c1-12-4-6-20(9-12)11-17-19-15-3-2-13(18(22)23)8-16(15)21(17)10-14-5-7-24-14;14-12-7-10(8-15)4-5-11(12)9-17-13-3-1-2-6-16-13/h2-3,8,12,14H,4-7,9-11H2,1H3,(H,22,23);1-7H,9H2. The number of benzene rings is 2. The van der Waals surface area contributed by atoms with Crippen LogP contribution in [-0.2, 0) is 24.4 Å². The summed E-state index contributed by atoms with van der Waals surface area (Å²) in [5.74, 6) is 0.837. The lowest BCUT2D eigenvalue weighted by Gasteiger charge is -2.28. The van der Waals surface area contributed by atoms with Gasteiger partial charge in [-0.05, 0) is 61.7 Å². The number of aromatic carboxylic acids is 1. The van der Waals surface area contributed by atoms with E-state index in [1.807, 2.05) is 12.1 Å². The number of likely N-dealkylation sites (tertiary alicyclic amines) is 1. The molecule has 0 spiro atoms. The number of aromatic nitrogens is 3. The summed E-state index contributed by atoms with van der Waals surface area (Å²) < 4.78 is 26.6. The van der Waals surface area contributed by atoms with Crippen LogP contribution in [0.3, 0.4) is 0 Å². The monoisotopic (exact) mass is 557 g/mol. The number of ether oxygens (including phenoxy) is 2. The summed E-state index contributed by atoms with van der Waals surface area (Å²) in [6, 6.07) is 16.6. The van der Waals surface area contributed by atoms with E-state index in [4.69, 9.17) is 19.7 Å². The molecule has 4 heterocycles. The number of halogens is 1. The molecule has 10 heteroatoms. The molecule has 0 amide bonds. The van der Waals surface area contributed by atoms with Crippen LogP contribution >= 0.6 is 0 Å². The zero-order chi connectivity index (χ0) is 28.8. The molecule has 212 valence electrons. The first kappa shape index (κ1) is 28.2. The van der Waals surface area contributed by atoms with Crippen LogP contribution in [0.5, 0.6) is 5.88 Å². The molecule has 2 unspecified atom stereocenters. The Bertz CT molecular complexity index is 1550. The van der Waals surface area contributed by atoms with E-state index < -0.39 is 11.8 Å². The van der Waals surface area contributed by atoms with Crippen molar-refractivity contribution in [3.8, 4) is 11.9 Å². The number of carboxylic acid groups (broad SMARTS) is 1. The van der Waals surface area contributed by atoms with E-state index in [0.29, 0.717) is 22.6 Å². The van der Waals surface area contributed by atoms with Crippen LogP contribution < -0.4 is 4.74 Å². The van der Waals surface area contributed by atoms with Gasteiger partial charge in [-0.1, -0.05) is 19.1 Å². The van der Waals surface area contributed by atoms with Crippen molar-refractivity contribution in [2.45, 2.75) is 45.6 Å². The minimum Gasteiger partial charge on any atom is -0.478 e. The fraction of sp³-hybridized carbons (Fsp3) is 0.355. The van der Waals surface area contributed by atoms with Gasteiger partial charge < -0.3 is 19.1 Å². The number of fused-ring (bicyclic) bond motifs is 1. The van der Waals surface area contributed by atoms with E-state index in [2.05, 4.69) is 21.4 Å². The maximum Gasteiger partial charge on any atom is 0.335 e. The fourth-order valence-corrected chi connectivity index (χ4v) is 4.95. The number of nitriles is 1. The molecule has 0 aliphatic carbocycles. The highest BCUT2D eigenvalue weighted by atomic mass is 19.1. The van der Waals surface area contributed by atoms with Gasteiger partial charge in [0.2, 0.25) is 5.88 Å². The maximum atomic E-state index is 13.5. The highest BCUT2D eigenvalue weighted by Gasteiger charge is 2.25. The van der Waals surface area contributed by atoms with Crippen molar-refractivity contribution in [2.75, 3.05) is 19.7 Å². The van der Waals surface area contributed by atoms with Crippen LogP contribution in [0.15, 0.2) is 60.8 Å². The lowest BCUT2D eigenvalue weighted by Crippen LogP contribution is -2.32. The molecule has 2 aromatic heterocycles. The summed E-state index contributed by atoms with van der Waals surface area (Å²) in [5, 5.41) is 17.9. The average molecular weight is 558 g/mol. The third-order valence-corrected chi connectivity index (χ3v) is 7.32. The minimum atomic E-state index is -0.903. The molecule has 2 aliphatic heterocycles. The smallest absolute Gasteiger partial charge is 0.335 e. The molecule has 2 saturated heterocycles. The Morgan fingerprint density at radius 1 is 1.22 bits per heavy atom. The molecule has 2 atom stereocenters. The summed E-state index contributed by atoms with van der Waals surface area (Å²) >= 11 is 0. The fourth-order valence-electron chi connectivity index (χ4n) is 4.95. The van der Waals surface area contributed by atoms with Crippen molar-refractivity contribution >= 4 is 17.0 Å². The first-order valence-electron chi connectivity index (χ1n) is 13.7. The van der Waals surface area contributed by atoms with Gasteiger partial charge in [0.1, 0.15) is 18.2 Å². The number of hydrogen-bond donors (Lipinski definition) is 1. The molecular weight excluding hydrogens is 525 g/mol. The van der Waals surface area contributed by atoms with E-state index in [9.17, 15) is 14.3 Å². The summed E-state index contributed by atoms with van der Waals surface area (Å²) in [5.41, 5.74) is 2.76. The lowest BCUT2D eigenvalue weighted by molar-refractivity contribution is -0.0591. The Morgan fingerprint density at radius 3 is 2.71 bits per heavy atom. The van der Waals surface area contributed by atoms with Crippen molar-refractivity contribution in [3.63, 3.8) is 0 Å².